The Bertz CT molecular complexity index is 549. The van der Waals surface area contributed by atoms with Crippen LogP contribution in [0.2, 0.25) is 0 Å². The van der Waals surface area contributed by atoms with Crippen LogP contribution in [-0.4, -0.2) is 33.9 Å². The van der Waals surface area contributed by atoms with Gasteiger partial charge in [-0.05, 0) is 54.5 Å². The molecule has 2 aromatic heterocycles. The molecule has 18 heavy (non-hydrogen) atoms. The van der Waals surface area contributed by atoms with Crippen molar-refractivity contribution in [3.63, 3.8) is 0 Å². The maximum absolute atomic E-state index is 4.59. The van der Waals surface area contributed by atoms with Gasteiger partial charge < -0.3 is 4.90 Å². The zero-order chi connectivity index (χ0) is 12.5. The van der Waals surface area contributed by atoms with Crippen LogP contribution in [0, 0.1) is 0 Å². The summed E-state index contributed by atoms with van der Waals surface area (Å²) < 4.78 is 3.30. The molecule has 2 aromatic rings. The second kappa shape index (κ2) is 5.02. The van der Waals surface area contributed by atoms with E-state index in [1.807, 2.05) is 6.20 Å². The number of rotatable bonds is 2. The molecule has 0 bridgehead atoms. The maximum atomic E-state index is 4.59. The predicted molar refractivity (Wildman–Crippen MR) is 76.9 cm³/mol. The largest absolute Gasteiger partial charge is 0.303 e. The molecule has 1 atom stereocenters. The summed E-state index contributed by atoms with van der Waals surface area (Å²) in [5.41, 5.74) is 1.16. The van der Waals surface area contributed by atoms with Gasteiger partial charge in [-0.2, -0.15) is 0 Å². The van der Waals surface area contributed by atoms with Gasteiger partial charge in [0.1, 0.15) is 5.82 Å². The number of imidazole rings is 1. The topological polar surface area (TPSA) is 20.5 Å². The van der Waals surface area contributed by atoms with Crippen LogP contribution in [0.3, 0.4) is 0 Å². The van der Waals surface area contributed by atoms with Crippen LogP contribution < -0.4 is 0 Å². The second-order valence-electron chi connectivity index (χ2n) is 5.12. The number of hydrogen-bond acceptors (Lipinski definition) is 2. The molecule has 0 aromatic carbocycles. The second-order valence-corrected chi connectivity index (χ2v) is 5.93. The van der Waals surface area contributed by atoms with E-state index in [9.17, 15) is 0 Å². The first-order valence-corrected chi connectivity index (χ1v) is 7.36. The summed E-state index contributed by atoms with van der Waals surface area (Å²) in [6.45, 7) is 1.22. The molecular weight excluding hydrogens is 290 g/mol. The van der Waals surface area contributed by atoms with Gasteiger partial charge in [0.05, 0.1) is 16.3 Å². The highest BCUT2D eigenvalue weighted by molar-refractivity contribution is 9.10. The highest BCUT2D eigenvalue weighted by atomic mass is 79.9. The number of hydrogen-bond donors (Lipinski definition) is 0. The lowest BCUT2D eigenvalue weighted by Crippen LogP contribution is -2.38. The summed E-state index contributed by atoms with van der Waals surface area (Å²) in [5.74, 6) is 1.16. The Kier molecular flexibility index (Phi) is 3.39. The summed E-state index contributed by atoms with van der Waals surface area (Å²) in [4.78, 5) is 7.06. The Morgan fingerprint density at radius 1 is 1.39 bits per heavy atom. The predicted octanol–water partition coefficient (Wildman–Crippen LogP) is 3.12. The zero-order valence-corrected chi connectivity index (χ0v) is 12.2. The van der Waals surface area contributed by atoms with E-state index in [2.05, 4.69) is 55.5 Å². The third-order valence-electron chi connectivity index (χ3n) is 3.92. The summed E-state index contributed by atoms with van der Waals surface area (Å²) in [5, 5.41) is 0. The van der Waals surface area contributed by atoms with Gasteiger partial charge in [-0.1, -0.05) is 12.5 Å². The summed E-state index contributed by atoms with van der Waals surface area (Å²) in [6.07, 6.45) is 6.96. The van der Waals surface area contributed by atoms with Crippen LogP contribution in [-0.2, 0) is 6.42 Å². The standard InChI is InChI=1S/C14H18BrN3/c1-17-8-3-2-5-11(17)9-14-16-10-12-6-4-7-13(15)18(12)14/h4,6-7,10-11H,2-3,5,8-9H2,1H3. The Labute approximate surface area is 116 Å². The summed E-state index contributed by atoms with van der Waals surface area (Å²) in [7, 11) is 2.23. The van der Waals surface area contributed by atoms with Crippen molar-refractivity contribution >= 4 is 21.4 Å². The van der Waals surface area contributed by atoms with E-state index in [1.165, 1.54) is 25.8 Å². The lowest BCUT2D eigenvalue weighted by molar-refractivity contribution is 0.182. The highest BCUT2D eigenvalue weighted by Crippen LogP contribution is 2.21. The van der Waals surface area contributed by atoms with Crippen LogP contribution in [0.4, 0.5) is 0 Å². The minimum Gasteiger partial charge on any atom is -0.303 e. The van der Waals surface area contributed by atoms with Crippen molar-refractivity contribution in [3.8, 4) is 0 Å². The van der Waals surface area contributed by atoms with E-state index in [1.54, 1.807) is 0 Å². The quantitative estimate of drug-likeness (QED) is 0.795. The van der Waals surface area contributed by atoms with Crippen molar-refractivity contribution in [1.29, 1.82) is 0 Å². The third-order valence-corrected chi connectivity index (χ3v) is 4.54. The van der Waals surface area contributed by atoms with Gasteiger partial charge >= 0.3 is 0 Å². The lowest BCUT2D eigenvalue weighted by atomic mass is 10.00. The average Bonchev–Trinajstić information content (AvgIpc) is 2.77. The average molecular weight is 308 g/mol. The van der Waals surface area contributed by atoms with E-state index in [0.29, 0.717) is 6.04 Å². The number of nitrogens with zero attached hydrogens (tertiary/aromatic N) is 3. The minimum absolute atomic E-state index is 0.636. The van der Waals surface area contributed by atoms with Crippen molar-refractivity contribution in [2.75, 3.05) is 13.6 Å². The van der Waals surface area contributed by atoms with Gasteiger partial charge in [-0.15, -0.1) is 0 Å². The van der Waals surface area contributed by atoms with E-state index < -0.39 is 0 Å². The zero-order valence-electron chi connectivity index (χ0n) is 10.6. The van der Waals surface area contributed by atoms with E-state index in [0.717, 1.165) is 22.4 Å². The first kappa shape index (κ1) is 12.2. The molecule has 1 aliphatic heterocycles. The molecule has 1 aliphatic rings. The molecule has 0 radical (unpaired) electrons. The number of aromatic nitrogens is 2. The van der Waals surface area contributed by atoms with Gasteiger partial charge in [0, 0.05) is 12.5 Å². The molecule has 0 amide bonds. The smallest absolute Gasteiger partial charge is 0.115 e. The molecule has 96 valence electrons. The fraction of sp³-hybridized carbons (Fsp3) is 0.500. The Morgan fingerprint density at radius 3 is 3.11 bits per heavy atom. The number of piperidine rings is 1. The third kappa shape index (κ3) is 2.19. The van der Waals surface area contributed by atoms with Crippen molar-refractivity contribution in [2.24, 2.45) is 0 Å². The van der Waals surface area contributed by atoms with Gasteiger partial charge in [-0.25, -0.2) is 4.98 Å². The van der Waals surface area contributed by atoms with Crippen LogP contribution in [0.15, 0.2) is 29.0 Å². The van der Waals surface area contributed by atoms with Crippen molar-refractivity contribution < 1.29 is 0 Å². The summed E-state index contributed by atoms with van der Waals surface area (Å²) >= 11 is 3.62. The lowest BCUT2D eigenvalue weighted by Gasteiger charge is -2.32. The molecule has 4 heteroatoms. The van der Waals surface area contributed by atoms with Crippen molar-refractivity contribution in [3.05, 3.63) is 34.8 Å². The monoisotopic (exact) mass is 307 g/mol. The number of pyridine rings is 1. The SMILES string of the molecule is CN1CCCCC1Cc1ncc2cccc(Br)n12. The van der Waals surface area contributed by atoms with Crippen LogP contribution >= 0.6 is 15.9 Å². The molecule has 1 unspecified atom stereocenters. The normalized spacial score (nSPS) is 21.6. The molecular formula is C14H18BrN3. The molecule has 3 rings (SSSR count). The Morgan fingerprint density at radius 2 is 2.28 bits per heavy atom. The Balaban J connectivity index is 1.90. The van der Waals surface area contributed by atoms with Crippen molar-refractivity contribution in [2.45, 2.75) is 31.7 Å². The number of halogens is 1. The molecule has 1 fully saturated rings. The van der Waals surface area contributed by atoms with Gasteiger partial charge in [0.15, 0.2) is 0 Å². The molecule has 3 heterocycles. The van der Waals surface area contributed by atoms with E-state index in [-0.39, 0.29) is 0 Å². The molecule has 0 aliphatic carbocycles. The highest BCUT2D eigenvalue weighted by Gasteiger charge is 2.21. The Hall–Kier alpha value is -0.870. The van der Waals surface area contributed by atoms with E-state index in [4.69, 9.17) is 0 Å². The number of fused-ring (bicyclic) bond motifs is 1. The molecule has 3 nitrogen and oxygen atoms in total. The fourth-order valence-corrected chi connectivity index (χ4v) is 3.39. The number of likely N-dealkylation sites (N-methyl/N-ethyl adjacent to an activating group) is 1. The molecule has 0 spiro atoms. The molecule has 1 saturated heterocycles. The summed E-state index contributed by atoms with van der Waals surface area (Å²) in [6, 6.07) is 6.86. The van der Waals surface area contributed by atoms with Crippen LogP contribution in [0.5, 0.6) is 0 Å². The molecule has 0 saturated carbocycles. The van der Waals surface area contributed by atoms with Gasteiger partial charge in [0.2, 0.25) is 0 Å². The van der Waals surface area contributed by atoms with E-state index >= 15 is 0 Å². The van der Waals surface area contributed by atoms with Crippen LogP contribution in [0.1, 0.15) is 25.1 Å². The minimum atomic E-state index is 0.636. The van der Waals surface area contributed by atoms with Gasteiger partial charge in [0.25, 0.3) is 0 Å². The first-order chi connectivity index (χ1) is 8.75. The van der Waals surface area contributed by atoms with Crippen LogP contribution in [0.25, 0.3) is 5.52 Å². The maximum Gasteiger partial charge on any atom is 0.115 e. The van der Waals surface area contributed by atoms with Gasteiger partial charge in [-0.3, -0.25) is 4.40 Å². The number of likely N-dealkylation sites (tertiary alicyclic amines) is 1. The fourth-order valence-electron chi connectivity index (χ4n) is 2.83. The molecule has 0 N–H and O–H groups in total. The van der Waals surface area contributed by atoms with Crippen molar-refractivity contribution in [1.82, 2.24) is 14.3 Å². The first-order valence-electron chi connectivity index (χ1n) is 6.57.